The van der Waals surface area contributed by atoms with E-state index in [0.717, 1.165) is 32.2 Å². The summed E-state index contributed by atoms with van der Waals surface area (Å²) in [4.78, 5) is 26.7. The van der Waals surface area contributed by atoms with Gasteiger partial charge in [-0.15, -0.1) is 0 Å². The van der Waals surface area contributed by atoms with Crippen molar-refractivity contribution >= 4 is 11.9 Å². The van der Waals surface area contributed by atoms with Crippen LogP contribution < -0.4 is 0 Å². The van der Waals surface area contributed by atoms with E-state index in [4.69, 9.17) is 4.74 Å². The summed E-state index contributed by atoms with van der Waals surface area (Å²) in [5, 5.41) is 0. The van der Waals surface area contributed by atoms with E-state index < -0.39 is 5.60 Å². The van der Waals surface area contributed by atoms with Crippen molar-refractivity contribution in [3.8, 4) is 0 Å². The first-order chi connectivity index (χ1) is 10.2. The number of hydrogen-bond donors (Lipinski definition) is 0. The number of ether oxygens (including phenoxy) is 1. The number of hydrogen-bond acceptors (Lipinski definition) is 3. The fourth-order valence-corrected chi connectivity index (χ4v) is 3.82. The molecular weight excluding hydrogens is 278 g/mol. The highest BCUT2D eigenvalue weighted by Crippen LogP contribution is 2.38. The van der Waals surface area contributed by atoms with E-state index in [1.165, 1.54) is 0 Å². The molecule has 1 aliphatic heterocycles. The van der Waals surface area contributed by atoms with Gasteiger partial charge in [-0.2, -0.15) is 0 Å². The van der Waals surface area contributed by atoms with E-state index in [1.54, 1.807) is 0 Å². The van der Waals surface area contributed by atoms with Crippen LogP contribution in [0.15, 0.2) is 0 Å². The second-order valence-corrected chi connectivity index (χ2v) is 8.23. The number of likely N-dealkylation sites (tertiary alicyclic amines) is 1. The average Bonchev–Trinajstić information content (AvgIpc) is 2.86. The maximum Gasteiger partial charge on any atom is 0.410 e. The standard InChI is InChI=1S/C18H31NO3/c1-12(2)13-8-9-16(20)14(11-13)15-7-6-10-19(15)17(21)22-18(3,4)5/h12-15H,6-11H2,1-5H3. The van der Waals surface area contributed by atoms with Crippen molar-refractivity contribution in [2.24, 2.45) is 17.8 Å². The Labute approximate surface area is 134 Å². The van der Waals surface area contributed by atoms with Gasteiger partial charge in [-0.1, -0.05) is 13.8 Å². The first kappa shape index (κ1) is 17.3. The van der Waals surface area contributed by atoms with Crippen molar-refractivity contribution in [3.63, 3.8) is 0 Å². The highest BCUT2D eigenvalue weighted by atomic mass is 16.6. The van der Waals surface area contributed by atoms with E-state index in [1.807, 2.05) is 25.7 Å². The Balaban J connectivity index is 2.08. The summed E-state index contributed by atoms with van der Waals surface area (Å²) in [7, 11) is 0. The van der Waals surface area contributed by atoms with Gasteiger partial charge < -0.3 is 9.64 Å². The summed E-state index contributed by atoms with van der Waals surface area (Å²) in [6, 6.07) is 0.0453. The first-order valence-corrected chi connectivity index (χ1v) is 8.71. The second kappa shape index (κ2) is 6.59. The summed E-state index contributed by atoms with van der Waals surface area (Å²) >= 11 is 0. The quantitative estimate of drug-likeness (QED) is 0.773. The molecule has 1 saturated heterocycles. The molecular formula is C18H31NO3. The molecule has 22 heavy (non-hydrogen) atoms. The van der Waals surface area contributed by atoms with Crippen LogP contribution in [0.4, 0.5) is 4.79 Å². The number of carbonyl (C=O) groups is 2. The van der Waals surface area contributed by atoms with Crippen molar-refractivity contribution < 1.29 is 14.3 Å². The Kier molecular flexibility index (Phi) is 5.18. The zero-order chi connectivity index (χ0) is 16.5. The number of amides is 1. The smallest absolute Gasteiger partial charge is 0.410 e. The van der Waals surface area contributed by atoms with Gasteiger partial charge >= 0.3 is 6.09 Å². The van der Waals surface area contributed by atoms with E-state index in [2.05, 4.69) is 13.8 Å². The predicted molar refractivity (Wildman–Crippen MR) is 86.6 cm³/mol. The molecule has 4 heteroatoms. The SMILES string of the molecule is CC(C)C1CCC(=O)C(C2CCCN2C(=O)OC(C)(C)C)C1. The van der Waals surface area contributed by atoms with Gasteiger partial charge in [0.1, 0.15) is 11.4 Å². The lowest BCUT2D eigenvalue weighted by molar-refractivity contribution is -0.128. The number of Topliss-reactive ketones (excluding diaryl/α,β-unsaturated/α-hetero) is 1. The molecule has 2 rings (SSSR count). The zero-order valence-corrected chi connectivity index (χ0v) is 14.7. The Morgan fingerprint density at radius 1 is 1.27 bits per heavy atom. The van der Waals surface area contributed by atoms with Crippen LogP contribution in [-0.4, -0.2) is 35.0 Å². The number of rotatable bonds is 2. The lowest BCUT2D eigenvalue weighted by Crippen LogP contribution is -2.47. The van der Waals surface area contributed by atoms with Gasteiger partial charge in [0.15, 0.2) is 0 Å². The van der Waals surface area contributed by atoms with E-state index in [9.17, 15) is 9.59 Å². The van der Waals surface area contributed by atoms with Crippen LogP contribution in [0.2, 0.25) is 0 Å². The molecule has 3 unspecified atom stereocenters. The average molecular weight is 309 g/mol. The predicted octanol–water partition coefficient (Wildman–Crippen LogP) is 4.03. The second-order valence-electron chi connectivity index (χ2n) is 8.23. The molecule has 126 valence electrons. The van der Waals surface area contributed by atoms with Crippen molar-refractivity contribution in [1.82, 2.24) is 4.90 Å². The monoisotopic (exact) mass is 309 g/mol. The number of ketones is 1. The Morgan fingerprint density at radius 3 is 2.55 bits per heavy atom. The minimum absolute atomic E-state index is 0.0103. The molecule has 4 nitrogen and oxygen atoms in total. The van der Waals surface area contributed by atoms with Crippen LogP contribution in [0.5, 0.6) is 0 Å². The summed E-state index contributed by atoms with van der Waals surface area (Å²) < 4.78 is 5.53. The molecule has 0 radical (unpaired) electrons. The van der Waals surface area contributed by atoms with Gasteiger partial charge in [-0.25, -0.2) is 4.79 Å². The van der Waals surface area contributed by atoms with Crippen LogP contribution >= 0.6 is 0 Å². The highest BCUT2D eigenvalue weighted by molar-refractivity contribution is 5.83. The largest absolute Gasteiger partial charge is 0.444 e. The molecule has 0 bridgehead atoms. The molecule has 3 atom stereocenters. The molecule has 0 spiro atoms. The van der Waals surface area contributed by atoms with Gasteiger partial charge in [0.05, 0.1) is 0 Å². The lowest BCUT2D eigenvalue weighted by Gasteiger charge is -2.37. The molecule has 0 aromatic carbocycles. The van der Waals surface area contributed by atoms with Crippen molar-refractivity contribution in [3.05, 3.63) is 0 Å². The Bertz CT molecular complexity index is 425. The number of nitrogens with zero attached hydrogens (tertiary/aromatic N) is 1. The maximum atomic E-state index is 12.4. The van der Waals surface area contributed by atoms with Crippen LogP contribution in [0.3, 0.4) is 0 Å². The van der Waals surface area contributed by atoms with E-state index >= 15 is 0 Å². The van der Waals surface area contributed by atoms with Gasteiger partial charge in [0.25, 0.3) is 0 Å². The Morgan fingerprint density at radius 2 is 1.95 bits per heavy atom. The normalized spacial score (nSPS) is 30.0. The van der Waals surface area contributed by atoms with Gasteiger partial charge in [0.2, 0.25) is 0 Å². The van der Waals surface area contributed by atoms with Gasteiger partial charge in [-0.3, -0.25) is 4.79 Å². The molecule has 1 heterocycles. The Hall–Kier alpha value is -1.06. The molecule has 0 aromatic rings. The summed E-state index contributed by atoms with van der Waals surface area (Å²) in [5.74, 6) is 1.56. The minimum Gasteiger partial charge on any atom is -0.444 e. The van der Waals surface area contributed by atoms with Crippen LogP contribution in [-0.2, 0) is 9.53 Å². The third kappa shape index (κ3) is 4.02. The molecule has 1 aliphatic carbocycles. The maximum absolute atomic E-state index is 12.4. The van der Waals surface area contributed by atoms with Gasteiger partial charge in [-0.05, 0) is 58.3 Å². The summed E-state index contributed by atoms with van der Waals surface area (Å²) in [5.41, 5.74) is -0.485. The van der Waals surface area contributed by atoms with Crippen molar-refractivity contribution in [2.75, 3.05) is 6.54 Å². The topological polar surface area (TPSA) is 46.6 Å². The van der Waals surface area contributed by atoms with Crippen LogP contribution in [0.25, 0.3) is 0 Å². The fourth-order valence-electron chi connectivity index (χ4n) is 3.82. The molecule has 1 saturated carbocycles. The lowest BCUT2D eigenvalue weighted by atomic mass is 9.72. The number of carbonyl (C=O) groups excluding carboxylic acids is 2. The molecule has 0 aromatic heterocycles. The fraction of sp³-hybridized carbons (Fsp3) is 0.889. The van der Waals surface area contributed by atoms with Crippen LogP contribution in [0, 0.1) is 17.8 Å². The zero-order valence-electron chi connectivity index (χ0n) is 14.7. The van der Waals surface area contributed by atoms with Crippen LogP contribution in [0.1, 0.15) is 66.7 Å². The van der Waals surface area contributed by atoms with E-state index in [0.29, 0.717) is 24.0 Å². The molecule has 1 amide bonds. The third-order valence-corrected chi connectivity index (χ3v) is 5.07. The van der Waals surface area contributed by atoms with Gasteiger partial charge in [0, 0.05) is 24.9 Å². The molecule has 0 N–H and O–H groups in total. The summed E-state index contributed by atoms with van der Waals surface area (Å²) in [6.07, 6.45) is 4.26. The molecule has 2 fully saturated rings. The van der Waals surface area contributed by atoms with Crippen molar-refractivity contribution in [1.29, 1.82) is 0 Å². The minimum atomic E-state index is -0.485. The third-order valence-electron chi connectivity index (χ3n) is 5.07. The highest BCUT2D eigenvalue weighted by Gasteiger charge is 2.42. The molecule has 2 aliphatic rings. The van der Waals surface area contributed by atoms with E-state index in [-0.39, 0.29) is 18.1 Å². The first-order valence-electron chi connectivity index (χ1n) is 8.71. The van der Waals surface area contributed by atoms with Crippen molar-refractivity contribution in [2.45, 2.75) is 78.4 Å². The summed E-state index contributed by atoms with van der Waals surface area (Å²) in [6.45, 7) is 10.8.